The van der Waals surface area contributed by atoms with Crippen LogP contribution in [0.5, 0.6) is 6.01 Å². The molecular weight excluding hydrogens is 262 g/mol. The Bertz CT molecular complexity index is 367. The van der Waals surface area contributed by atoms with Gasteiger partial charge in [0.05, 0.1) is 19.3 Å². The molecule has 0 bridgehead atoms. The zero-order valence-corrected chi connectivity index (χ0v) is 12.2. The summed E-state index contributed by atoms with van der Waals surface area (Å²) in [5.74, 6) is 0.884. The summed E-state index contributed by atoms with van der Waals surface area (Å²) in [6.45, 7) is 5.86. The molecule has 1 aromatic heterocycles. The topological polar surface area (TPSA) is 101 Å². The lowest BCUT2D eigenvalue weighted by Gasteiger charge is -2.11. The second kappa shape index (κ2) is 9.27. The first-order chi connectivity index (χ1) is 9.69. The van der Waals surface area contributed by atoms with Crippen molar-refractivity contribution in [3.8, 4) is 6.01 Å². The molecular formula is C12H23N5O3. The Morgan fingerprint density at radius 2 is 1.85 bits per heavy atom. The minimum absolute atomic E-state index is 0.276. The molecule has 1 aromatic rings. The number of aliphatic hydroxyl groups excluding tert-OH is 1. The quantitative estimate of drug-likeness (QED) is 0.571. The third-order valence-electron chi connectivity index (χ3n) is 2.34. The second-order valence-corrected chi connectivity index (χ2v) is 4.05. The lowest BCUT2D eigenvalue weighted by atomic mass is 10.3. The third-order valence-corrected chi connectivity index (χ3v) is 2.34. The molecule has 20 heavy (non-hydrogen) atoms. The molecule has 1 unspecified atom stereocenters. The fourth-order valence-electron chi connectivity index (χ4n) is 1.49. The minimum atomic E-state index is -0.506. The third kappa shape index (κ3) is 5.98. The molecule has 0 aliphatic heterocycles. The van der Waals surface area contributed by atoms with Crippen molar-refractivity contribution in [3.05, 3.63) is 0 Å². The zero-order chi connectivity index (χ0) is 14.8. The first-order valence-corrected chi connectivity index (χ1v) is 6.73. The Kier molecular flexibility index (Phi) is 7.59. The molecule has 1 heterocycles. The van der Waals surface area contributed by atoms with Crippen LogP contribution >= 0.6 is 0 Å². The van der Waals surface area contributed by atoms with E-state index in [-0.39, 0.29) is 6.01 Å². The molecule has 0 aromatic carbocycles. The Labute approximate surface area is 118 Å². The number of nitrogens with zero attached hydrogens (tertiary/aromatic N) is 3. The summed E-state index contributed by atoms with van der Waals surface area (Å²) in [7, 11) is 1.56. The van der Waals surface area contributed by atoms with Gasteiger partial charge in [0.15, 0.2) is 0 Å². The highest BCUT2D eigenvalue weighted by molar-refractivity contribution is 5.35. The van der Waals surface area contributed by atoms with Crippen molar-refractivity contribution in [2.24, 2.45) is 0 Å². The SMILES string of the molecule is CCNc1nc(NCCC(O)COC)nc(OCC)n1. The van der Waals surface area contributed by atoms with Crippen LogP contribution in [0.4, 0.5) is 11.9 Å². The molecule has 8 heteroatoms. The highest BCUT2D eigenvalue weighted by atomic mass is 16.5. The Morgan fingerprint density at radius 3 is 2.45 bits per heavy atom. The van der Waals surface area contributed by atoms with Gasteiger partial charge in [-0.15, -0.1) is 0 Å². The molecule has 0 fully saturated rings. The Hall–Kier alpha value is -1.67. The Morgan fingerprint density at radius 1 is 1.15 bits per heavy atom. The number of aliphatic hydroxyl groups is 1. The van der Waals surface area contributed by atoms with Gasteiger partial charge in [-0.2, -0.15) is 15.0 Å². The predicted molar refractivity (Wildman–Crippen MR) is 76.1 cm³/mol. The van der Waals surface area contributed by atoms with Crippen LogP contribution < -0.4 is 15.4 Å². The fourth-order valence-corrected chi connectivity index (χ4v) is 1.49. The fraction of sp³-hybridized carbons (Fsp3) is 0.750. The molecule has 3 N–H and O–H groups in total. The molecule has 8 nitrogen and oxygen atoms in total. The van der Waals surface area contributed by atoms with E-state index in [0.29, 0.717) is 44.6 Å². The number of methoxy groups -OCH3 is 1. The molecule has 0 aliphatic carbocycles. The summed E-state index contributed by atoms with van der Waals surface area (Å²) in [5, 5.41) is 15.6. The van der Waals surface area contributed by atoms with Gasteiger partial charge in [0.2, 0.25) is 11.9 Å². The van der Waals surface area contributed by atoms with Crippen molar-refractivity contribution in [2.45, 2.75) is 26.4 Å². The largest absolute Gasteiger partial charge is 0.464 e. The van der Waals surface area contributed by atoms with Crippen molar-refractivity contribution in [2.75, 3.05) is 44.0 Å². The average molecular weight is 285 g/mol. The van der Waals surface area contributed by atoms with Crippen LogP contribution in [0.1, 0.15) is 20.3 Å². The van der Waals surface area contributed by atoms with E-state index in [1.807, 2.05) is 13.8 Å². The van der Waals surface area contributed by atoms with Gasteiger partial charge in [0.1, 0.15) is 0 Å². The minimum Gasteiger partial charge on any atom is -0.464 e. The monoisotopic (exact) mass is 285 g/mol. The maximum atomic E-state index is 9.55. The Balaban J connectivity index is 2.58. The molecule has 0 aliphatic rings. The van der Waals surface area contributed by atoms with Gasteiger partial charge in [-0.3, -0.25) is 0 Å². The molecule has 0 amide bonds. The smallest absolute Gasteiger partial charge is 0.323 e. The number of anilines is 2. The van der Waals surface area contributed by atoms with E-state index in [0.717, 1.165) is 0 Å². The number of nitrogens with one attached hydrogen (secondary N) is 2. The number of ether oxygens (including phenoxy) is 2. The highest BCUT2D eigenvalue weighted by Gasteiger charge is 2.08. The maximum Gasteiger partial charge on any atom is 0.323 e. The van der Waals surface area contributed by atoms with Gasteiger partial charge >= 0.3 is 6.01 Å². The molecule has 0 saturated heterocycles. The lowest BCUT2D eigenvalue weighted by molar-refractivity contribution is 0.0615. The van der Waals surface area contributed by atoms with Crippen LogP contribution in [-0.2, 0) is 4.74 Å². The van der Waals surface area contributed by atoms with Crippen molar-refractivity contribution >= 4 is 11.9 Å². The van der Waals surface area contributed by atoms with Crippen molar-refractivity contribution in [3.63, 3.8) is 0 Å². The van der Waals surface area contributed by atoms with Gasteiger partial charge in [0.25, 0.3) is 0 Å². The van der Waals surface area contributed by atoms with Gasteiger partial charge < -0.3 is 25.2 Å². The summed E-state index contributed by atoms with van der Waals surface area (Å²) < 4.78 is 10.1. The highest BCUT2D eigenvalue weighted by Crippen LogP contribution is 2.11. The average Bonchev–Trinajstić information content (AvgIpc) is 2.39. The molecule has 1 rings (SSSR count). The van der Waals surface area contributed by atoms with E-state index in [9.17, 15) is 5.11 Å². The van der Waals surface area contributed by atoms with Crippen LogP contribution in [0.15, 0.2) is 0 Å². The number of hydrogen-bond donors (Lipinski definition) is 3. The van der Waals surface area contributed by atoms with E-state index in [1.165, 1.54) is 0 Å². The van der Waals surface area contributed by atoms with Gasteiger partial charge in [-0.25, -0.2) is 0 Å². The van der Waals surface area contributed by atoms with E-state index in [2.05, 4.69) is 25.6 Å². The summed E-state index contributed by atoms with van der Waals surface area (Å²) in [6, 6.07) is 0.276. The van der Waals surface area contributed by atoms with Crippen molar-refractivity contribution in [1.29, 1.82) is 0 Å². The molecule has 1 atom stereocenters. The summed E-state index contributed by atoms with van der Waals surface area (Å²) in [5.41, 5.74) is 0. The van der Waals surface area contributed by atoms with Crippen LogP contribution in [0, 0.1) is 0 Å². The standard InChI is InChI=1S/C12H23N5O3/c1-4-13-10-15-11(17-12(16-10)20-5-2)14-7-6-9(18)8-19-3/h9,18H,4-8H2,1-3H3,(H2,13,14,15,16,17). The molecule has 0 spiro atoms. The van der Waals surface area contributed by atoms with Crippen LogP contribution in [0.25, 0.3) is 0 Å². The first-order valence-electron chi connectivity index (χ1n) is 6.73. The molecule has 0 radical (unpaired) electrons. The number of rotatable bonds is 10. The number of hydrogen-bond acceptors (Lipinski definition) is 8. The van der Waals surface area contributed by atoms with Crippen LogP contribution in [-0.4, -0.2) is 59.6 Å². The van der Waals surface area contributed by atoms with Gasteiger partial charge in [-0.1, -0.05) is 0 Å². The van der Waals surface area contributed by atoms with Crippen molar-refractivity contribution < 1.29 is 14.6 Å². The lowest BCUT2D eigenvalue weighted by Crippen LogP contribution is -2.19. The van der Waals surface area contributed by atoms with E-state index in [4.69, 9.17) is 9.47 Å². The van der Waals surface area contributed by atoms with E-state index >= 15 is 0 Å². The predicted octanol–water partition coefficient (Wildman–Crippen LogP) is 0.511. The summed E-state index contributed by atoms with van der Waals surface area (Å²) >= 11 is 0. The number of aromatic nitrogens is 3. The summed E-state index contributed by atoms with van der Waals surface area (Å²) in [4.78, 5) is 12.5. The normalized spacial score (nSPS) is 12.0. The van der Waals surface area contributed by atoms with Crippen molar-refractivity contribution in [1.82, 2.24) is 15.0 Å². The summed E-state index contributed by atoms with van der Waals surface area (Å²) in [6.07, 6.45) is 0.0361. The van der Waals surface area contributed by atoms with Crippen LogP contribution in [0.3, 0.4) is 0 Å². The zero-order valence-electron chi connectivity index (χ0n) is 12.2. The molecule has 0 saturated carbocycles. The van der Waals surface area contributed by atoms with Gasteiger partial charge in [-0.05, 0) is 20.3 Å². The van der Waals surface area contributed by atoms with Crippen LogP contribution in [0.2, 0.25) is 0 Å². The second-order valence-electron chi connectivity index (χ2n) is 4.05. The molecule has 114 valence electrons. The van der Waals surface area contributed by atoms with E-state index < -0.39 is 6.10 Å². The maximum absolute atomic E-state index is 9.55. The first kappa shape index (κ1) is 16.4. The van der Waals surface area contributed by atoms with E-state index in [1.54, 1.807) is 7.11 Å². The van der Waals surface area contributed by atoms with Gasteiger partial charge in [0, 0.05) is 20.2 Å².